The van der Waals surface area contributed by atoms with Gasteiger partial charge in [0.25, 0.3) is 0 Å². The van der Waals surface area contributed by atoms with Crippen LogP contribution in [0, 0.1) is 12.8 Å². The van der Waals surface area contributed by atoms with Crippen molar-refractivity contribution in [1.82, 2.24) is 0 Å². The van der Waals surface area contributed by atoms with Crippen LogP contribution in [0.25, 0.3) is 6.08 Å². The molecule has 1 saturated carbocycles. The van der Waals surface area contributed by atoms with E-state index < -0.39 is 0 Å². The first-order chi connectivity index (χ1) is 16.0. The van der Waals surface area contributed by atoms with Crippen molar-refractivity contribution in [3.05, 3.63) is 135 Å². The standard InChI is InChI=1S/C33H34/c1-6-9-22(3)31-23(4)16-30-20-29(19-25-17-27-10-7-8-11-28(27)18-25)24(5)32(30)33(31)26-14-12-21(2)13-15-26/h7-8,10-17,19,32-33H,3,5-6,9,18,20H2,1-2,4H3. The van der Waals surface area contributed by atoms with Gasteiger partial charge in [0.15, 0.2) is 0 Å². The quantitative estimate of drug-likeness (QED) is 0.444. The summed E-state index contributed by atoms with van der Waals surface area (Å²) < 4.78 is 0. The molecule has 0 bridgehead atoms. The van der Waals surface area contributed by atoms with Gasteiger partial charge in [-0.25, -0.2) is 0 Å². The molecule has 0 radical (unpaired) electrons. The number of hydrogen-bond donors (Lipinski definition) is 0. The Bertz CT molecular complexity index is 1250. The number of fused-ring (bicyclic) bond motifs is 2. The molecule has 0 spiro atoms. The van der Waals surface area contributed by atoms with Gasteiger partial charge in [-0.2, -0.15) is 0 Å². The van der Waals surface area contributed by atoms with E-state index >= 15 is 0 Å². The maximum atomic E-state index is 4.68. The largest absolute Gasteiger partial charge is 0.0955 e. The molecule has 0 amide bonds. The van der Waals surface area contributed by atoms with E-state index in [0.717, 1.165) is 25.7 Å². The second-order valence-corrected chi connectivity index (χ2v) is 10.0. The van der Waals surface area contributed by atoms with Crippen LogP contribution in [0.1, 0.15) is 61.3 Å². The molecule has 3 aliphatic carbocycles. The first-order valence-corrected chi connectivity index (χ1v) is 12.3. The fourth-order valence-electron chi connectivity index (χ4n) is 6.03. The molecule has 0 heterocycles. The molecule has 2 atom stereocenters. The van der Waals surface area contributed by atoms with Gasteiger partial charge in [0, 0.05) is 11.8 Å². The number of benzene rings is 2. The minimum absolute atomic E-state index is 0.304. The number of hydrogen-bond acceptors (Lipinski definition) is 0. The predicted octanol–water partition coefficient (Wildman–Crippen LogP) is 8.83. The second-order valence-electron chi connectivity index (χ2n) is 10.0. The highest BCUT2D eigenvalue weighted by atomic mass is 14.4. The van der Waals surface area contributed by atoms with Crippen molar-refractivity contribution in [3.8, 4) is 0 Å². The Kier molecular flexibility index (Phi) is 5.71. The molecule has 3 aliphatic rings. The molecule has 1 fully saturated rings. The molecular weight excluding hydrogens is 396 g/mol. The molecule has 2 unspecified atom stereocenters. The first kappa shape index (κ1) is 21.7. The Morgan fingerprint density at radius 3 is 2.45 bits per heavy atom. The van der Waals surface area contributed by atoms with Crippen molar-refractivity contribution in [1.29, 1.82) is 0 Å². The van der Waals surface area contributed by atoms with Crippen LogP contribution >= 0.6 is 0 Å². The third kappa shape index (κ3) is 3.93. The molecule has 0 aliphatic heterocycles. The zero-order valence-electron chi connectivity index (χ0n) is 20.2. The average molecular weight is 431 g/mol. The van der Waals surface area contributed by atoms with E-state index in [1.54, 1.807) is 0 Å². The van der Waals surface area contributed by atoms with E-state index in [1.807, 2.05) is 0 Å². The van der Waals surface area contributed by atoms with Crippen molar-refractivity contribution in [3.63, 3.8) is 0 Å². The molecule has 0 heteroatoms. The normalized spacial score (nSPS) is 22.9. The maximum Gasteiger partial charge on any atom is 0.0201 e. The Labute approximate surface area is 199 Å². The fraction of sp³-hybridized carbons (Fsp3) is 0.273. The van der Waals surface area contributed by atoms with Crippen LogP contribution in [-0.2, 0) is 6.42 Å². The molecule has 5 rings (SSSR count). The van der Waals surface area contributed by atoms with Crippen molar-refractivity contribution >= 4 is 6.08 Å². The lowest BCUT2D eigenvalue weighted by molar-refractivity contribution is 0.619. The Morgan fingerprint density at radius 2 is 1.73 bits per heavy atom. The van der Waals surface area contributed by atoms with Crippen LogP contribution in [0.15, 0.2) is 113 Å². The van der Waals surface area contributed by atoms with Gasteiger partial charge in [0.2, 0.25) is 0 Å². The van der Waals surface area contributed by atoms with E-state index in [0.29, 0.717) is 11.8 Å². The van der Waals surface area contributed by atoms with Gasteiger partial charge in [-0.15, -0.1) is 0 Å². The minimum Gasteiger partial charge on any atom is -0.0955 e. The van der Waals surface area contributed by atoms with E-state index in [-0.39, 0.29) is 0 Å². The van der Waals surface area contributed by atoms with Crippen LogP contribution in [0.4, 0.5) is 0 Å². The van der Waals surface area contributed by atoms with Crippen LogP contribution in [0.3, 0.4) is 0 Å². The number of allylic oxidation sites excluding steroid dienone is 9. The topological polar surface area (TPSA) is 0 Å². The van der Waals surface area contributed by atoms with Gasteiger partial charge in [-0.3, -0.25) is 0 Å². The average Bonchev–Trinajstić information content (AvgIpc) is 3.34. The van der Waals surface area contributed by atoms with Gasteiger partial charge < -0.3 is 0 Å². The summed E-state index contributed by atoms with van der Waals surface area (Å²) in [5.41, 5.74) is 15.2. The van der Waals surface area contributed by atoms with Crippen molar-refractivity contribution in [2.45, 2.75) is 52.4 Å². The van der Waals surface area contributed by atoms with E-state index in [4.69, 9.17) is 0 Å². The zero-order chi connectivity index (χ0) is 23.1. The van der Waals surface area contributed by atoms with Gasteiger partial charge in [-0.1, -0.05) is 110 Å². The molecule has 0 aromatic heterocycles. The molecular formula is C33H34. The van der Waals surface area contributed by atoms with Crippen molar-refractivity contribution in [2.75, 3.05) is 0 Å². The summed E-state index contributed by atoms with van der Waals surface area (Å²) in [5, 5.41) is 0. The third-order valence-corrected chi connectivity index (χ3v) is 7.57. The summed E-state index contributed by atoms with van der Waals surface area (Å²) >= 11 is 0. The van der Waals surface area contributed by atoms with Crippen LogP contribution in [0.2, 0.25) is 0 Å². The summed E-state index contributed by atoms with van der Waals surface area (Å²) in [4.78, 5) is 0. The lowest BCUT2D eigenvalue weighted by Gasteiger charge is -2.34. The highest BCUT2D eigenvalue weighted by molar-refractivity contribution is 5.68. The predicted molar refractivity (Wildman–Crippen MR) is 142 cm³/mol. The van der Waals surface area contributed by atoms with Gasteiger partial charge in [0.05, 0.1) is 0 Å². The molecule has 0 saturated heterocycles. The van der Waals surface area contributed by atoms with Crippen molar-refractivity contribution in [2.24, 2.45) is 5.92 Å². The molecule has 2 aromatic carbocycles. The summed E-state index contributed by atoms with van der Waals surface area (Å²) in [5.74, 6) is 0.633. The third-order valence-electron chi connectivity index (χ3n) is 7.57. The van der Waals surface area contributed by atoms with E-state index in [9.17, 15) is 0 Å². The lowest BCUT2D eigenvalue weighted by Crippen LogP contribution is -2.21. The second kappa shape index (κ2) is 8.67. The lowest BCUT2D eigenvalue weighted by atomic mass is 9.69. The summed E-state index contributed by atoms with van der Waals surface area (Å²) in [6.07, 6.45) is 11.4. The molecule has 166 valence electrons. The van der Waals surface area contributed by atoms with E-state index in [1.165, 1.54) is 61.3 Å². The van der Waals surface area contributed by atoms with Gasteiger partial charge >= 0.3 is 0 Å². The monoisotopic (exact) mass is 430 g/mol. The van der Waals surface area contributed by atoms with Crippen molar-refractivity contribution < 1.29 is 0 Å². The zero-order valence-corrected chi connectivity index (χ0v) is 20.2. The first-order valence-electron chi connectivity index (χ1n) is 12.3. The maximum absolute atomic E-state index is 4.68. The van der Waals surface area contributed by atoms with Crippen LogP contribution < -0.4 is 0 Å². The minimum atomic E-state index is 0.304. The molecule has 0 nitrogen and oxygen atoms in total. The number of rotatable bonds is 5. The molecule has 33 heavy (non-hydrogen) atoms. The van der Waals surface area contributed by atoms with Crippen LogP contribution in [0.5, 0.6) is 0 Å². The Morgan fingerprint density at radius 1 is 0.970 bits per heavy atom. The Hall–Kier alpha value is -3.12. The van der Waals surface area contributed by atoms with Gasteiger partial charge in [0.1, 0.15) is 0 Å². The fourth-order valence-corrected chi connectivity index (χ4v) is 6.03. The molecule has 2 aromatic rings. The summed E-state index contributed by atoms with van der Waals surface area (Å²) in [6, 6.07) is 17.9. The summed E-state index contributed by atoms with van der Waals surface area (Å²) in [7, 11) is 0. The van der Waals surface area contributed by atoms with Crippen LogP contribution in [-0.4, -0.2) is 0 Å². The number of aryl methyl sites for hydroxylation is 1. The highest BCUT2D eigenvalue weighted by Gasteiger charge is 2.40. The highest BCUT2D eigenvalue weighted by Crippen LogP contribution is 2.55. The summed E-state index contributed by atoms with van der Waals surface area (Å²) in [6.45, 7) is 15.9. The Balaban J connectivity index is 1.54. The molecule has 0 N–H and O–H groups in total. The van der Waals surface area contributed by atoms with Gasteiger partial charge in [-0.05, 0) is 77.7 Å². The van der Waals surface area contributed by atoms with E-state index in [2.05, 4.69) is 101 Å². The smallest absolute Gasteiger partial charge is 0.0201 e. The SMILES string of the molecule is C=C(CCC)C1=C(C)C=C2CC(=CC3=Cc4ccccc4C3)C(=C)C2C1c1ccc(C)cc1.